The zero-order valence-corrected chi connectivity index (χ0v) is 24.0. The molecule has 2 aromatic carbocycles. The van der Waals surface area contributed by atoms with Crippen molar-refractivity contribution >= 4 is 24.5 Å². The summed E-state index contributed by atoms with van der Waals surface area (Å²) in [5.74, 6) is 0.642. The fraction of sp³-hybridized carbons (Fsp3) is 0.531. The lowest BCUT2D eigenvalue weighted by Crippen LogP contribution is -2.68. The topological polar surface area (TPSA) is 55.8 Å². The highest BCUT2D eigenvalue weighted by Crippen LogP contribution is 2.41. The lowest BCUT2D eigenvalue weighted by atomic mass is 9.87. The van der Waals surface area contributed by atoms with E-state index in [-0.39, 0.29) is 23.0 Å². The molecule has 0 saturated heterocycles. The number of hydrogen-bond acceptors (Lipinski definition) is 4. The third kappa shape index (κ3) is 5.94. The molecule has 1 aliphatic carbocycles. The summed E-state index contributed by atoms with van der Waals surface area (Å²) in [6.45, 7) is 9.19. The molecule has 0 fully saturated rings. The van der Waals surface area contributed by atoms with Gasteiger partial charge < -0.3 is 14.3 Å². The van der Waals surface area contributed by atoms with Gasteiger partial charge in [-0.2, -0.15) is 0 Å². The number of carbonyl (C=O) groups excluding carboxylic acids is 1. The first kappa shape index (κ1) is 27.8. The largest absolute Gasteiger partial charge is 0.492 e. The lowest BCUT2D eigenvalue weighted by Gasteiger charge is -2.47. The number of unbranched alkanes of at least 4 members (excludes halogenated alkanes) is 3. The van der Waals surface area contributed by atoms with Crippen molar-refractivity contribution in [2.24, 2.45) is 0 Å². The van der Waals surface area contributed by atoms with Gasteiger partial charge in [0.2, 0.25) is 0 Å². The minimum atomic E-state index is -2.74. The molecule has 200 valence electrons. The molecule has 5 heteroatoms. The Morgan fingerprint density at radius 1 is 0.946 bits per heavy atom. The fourth-order valence-corrected chi connectivity index (χ4v) is 10.8. The second-order valence-corrected chi connectivity index (χ2v) is 15.9. The number of Topliss-reactive ketones (excluding diaryl/α,β-unsaturated/α-hetero) is 1. The Labute approximate surface area is 224 Å². The summed E-state index contributed by atoms with van der Waals surface area (Å²) in [5, 5.41) is 12.5. The SMILES string of the molecule is CCCCCCC(O[Si](c1ccccc1)(c1ccccc1)C(C)(C)C)[C@@H]1CCC2=C(CCC(O)C2=O)O1. The van der Waals surface area contributed by atoms with Gasteiger partial charge in [-0.3, -0.25) is 4.79 Å². The van der Waals surface area contributed by atoms with Gasteiger partial charge in [0.1, 0.15) is 18.0 Å². The quantitative estimate of drug-likeness (QED) is 0.306. The molecule has 0 saturated carbocycles. The van der Waals surface area contributed by atoms with Crippen molar-refractivity contribution < 1.29 is 19.1 Å². The normalized spacial score (nSPS) is 21.4. The van der Waals surface area contributed by atoms with Gasteiger partial charge in [-0.15, -0.1) is 0 Å². The Bertz CT molecular complexity index is 1020. The molecule has 0 bridgehead atoms. The van der Waals surface area contributed by atoms with Gasteiger partial charge >= 0.3 is 0 Å². The van der Waals surface area contributed by atoms with Crippen LogP contribution in [-0.2, 0) is 14.0 Å². The van der Waals surface area contributed by atoms with Crippen LogP contribution >= 0.6 is 0 Å². The Kier molecular flexibility index (Phi) is 9.10. The number of ether oxygens (including phenoxy) is 1. The zero-order chi connectivity index (χ0) is 26.5. The van der Waals surface area contributed by atoms with Crippen molar-refractivity contribution in [3.05, 3.63) is 72.0 Å². The summed E-state index contributed by atoms with van der Waals surface area (Å²) in [6, 6.07) is 21.6. The minimum Gasteiger partial charge on any atom is -0.492 e. The predicted molar refractivity (Wildman–Crippen MR) is 153 cm³/mol. The first-order valence-corrected chi connectivity index (χ1v) is 16.1. The van der Waals surface area contributed by atoms with Crippen molar-refractivity contribution in [1.29, 1.82) is 0 Å². The van der Waals surface area contributed by atoms with Crippen molar-refractivity contribution in [2.75, 3.05) is 0 Å². The molecule has 0 aromatic heterocycles. The molecule has 3 atom stereocenters. The van der Waals surface area contributed by atoms with Crippen LogP contribution in [0.5, 0.6) is 0 Å². The maximum absolute atomic E-state index is 12.6. The standard InChI is InChI=1S/C32H44O4Si/c1-5-6-7-14-19-30(29-22-20-26-28(35-29)23-21-27(33)31(26)34)36-37(32(2,3)4,24-15-10-8-11-16-24)25-17-12-9-13-18-25/h8-13,15-18,27,29-30,33H,5-7,14,19-23H2,1-4H3/t27?,29-,30?/m0/s1. The van der Waals surface area contributed by atoms with Gasteiger partial charge in [0.25, 0.3) is 8.32 Å². The average Bonchev–Trinajstić information content (AvgIpc) is 2.90. The van der Waals surface area contributed by atoms with Gasteiger partial charge in [0.05, 0.1) is 6.10 Å². The first-order valence-electron chi connectivity index (χ1n) is 14.2. The molecule has 1 aliphatic heterocycles. The second-order valence-electron chi connectivity index (χ2n) is 11.7. The van der Waals surface area contributed by atoms with Crippen LogP contribution in [-0.4, -0.2) is 37.5 Å². The van der Waals surface area contributed by atoms with Crippen molar-refractivity contribution in [1.82, 2.24) is 0 Å². The lowest BCUT2D eigenvalue weighted by molar-refractivity contribution is -0.126. The van der Waals surface area contributed by atoms with E-state index in [1.54, 1.807) is 0 Å². The van der Waals surface area contributed by atoms with E-state index in [0.29, 0.717) is 24.8 Å². The van der Waals surface area contributed by atoms with E-state index in [2.05, 4.69) is 88.4 Å². The third-order valence-electron chi connectivity index (χ3n) is 8.06. The zero-order valence-electron chi connectivity index (χ0n) is 23.0. The van der Waals surface area contributed by atoms with Gasteiger partial charge in [0, 0.05) is 12.0 Å². The molecule has 0 amide bonds. The second kappa shape index (κ2) is 12.1. The minimum absolute atomic E-state index is 0.0702. The highest BCUT2D eigenvalue weighted by Gasteiger charge is 2.52. The Morgan fingerprint density at radius 2 is 1.57 bits per heavy atom. The maximum atomic E-state index is 12.6. The van der Waals surface area contributed by atoms with Crippen molar-refractivity contribution in [3.8, 4) is 0 Å². The number of allylic oxidation sites excluding steroid dienone is 1. The maximum Gasteiger partial charge on any atom is 0.261 e. The van der Waals surface area contributed by atoms with Gasteiger partial charge in [-0.1, -0.05) is 114 Å². The fourth-order valence-electron chi connectivity index (χ4n) is 6.08. The number of hydrogen-bond donors (Lipinski definition) is 1. The molecular weight excluding hydrogens is 476 g/mol. The first-order chi connectivity index (χ1) is 17.8. The number of carbonyl (C=O) groups is 1. The van der Waals surface area contributed by atoms with Gasteiger partial charge in [-0.25, -0.2) is 0 Å². The molecule has 1 N–H and O–H groups in total. The van der Waals surface area contributed by atoms with Gasteiger partial charge in [-0.05, 0) is 41.1 Å². The van der Waals surface area contributed by atoms with Crippen LogP contribution < -0.4 is 10.4 Å². The summed E-state index contributed by atoms with van der Waals surface area (Å²) in [4.78, 5) is 12.6. The van der Waals surface area contributed by atoms with E-state index in [4.69, 9.17) is 9.16 Å². The Morgan fingerprint density at radius 3 is 2.14 bits per heavy atom. The van der Waals surface area contributed by atoms with Crippen LogP contribution in [0.2, 0.25) is 5.04 Å². The molecule has 1 heterocycles. The summed E-state index contributed by atoms with van der Waals surface area (Å²) in [6.07, 6.45) is 7.07. The molecule has 37 heavy (non-hydrogen) atoms. The molecule has 0 spiro atoms. The Balaban J connectivity index is 1.74. The molecule has 4 nitrogen and oxygen atoms in total. The Hall–Kier alpha value is -2.21. The monoisotopic (exact) mass is 520 g/mol. The summed E-state index contributed by atoms with van der Waals surface area (Å²) >= 11 is 0. The van der Waals surface area contributed by atoms with E-state index in [9.17, 15) is 9.90 Å². The number of aliphatic hydroxyl groups is 1. The van der Waals surface area contributed by atoms with Crippen LogP contribution in [0.25, 0.3) is 0 Å². The number of rotatable bonds is 10. The number of aliphatic hydroxyl groups excluding tert-OH is 1. The van der Waals surface area contributed by atoms with Crippen LogP contribution in [0.4, 0.5) is 0 Å². The predicted octanol–water partition coefficient (Wildman–Crippen LogP) is 6.06. The molecule has 4 rings (SSSR count). The summed E-state index contributed by atoms with van der Waals surface area (Å²) in [5.41, 5.74) is 0.699. The van der Waals surface area contributed by atoms with Crippen LogP contribution in [0.3, 0.4) is 0 Å². The molecule has 2 aromatic rings. The van der Waals surface area contributed by atoms with Crippen LogP contribution in [0.1, 0.15) is 85.5 Å². The number of ketones is 1. The molecule has 0 radical (unpaired) electrons. The molecule has 2 aliphatic rings. The smallest absolute Gasteiger partial charge is 0.261 e. The molecule has 2 unspecified atom stereocenters. The van der Waals surface area contributed by atoms with E-state index in [1.165, 1.54) is 29.6 Å². The number of benzene rings is 2. The summed E-state index contributed by atoms with van der Waals surface area (Å²) < 4.78 is 14.2. The van der Waals surface area contributed by atoms with E-state index < -0.39 is 14.4 Å². The highest BCUT2D eigenvalue weighted by atomic mass is 28.4. The van der Waals surface area contributed by atoms with Crippen molar-refractivity contribution in [2.45, 2.75) is 109 Å². The van der Waals surface area contributed by atoms with Crippen molar-refractivity contribution in [3.63, 3.8) is 0 Å². The van der Waals surface area contributed by atoms with E-state index in [1.807, 2.05) is 0 Å². The highest BCUT2D eigenvalue weighted by molar-refractivity contribution is 6.99. The molecular formula is C32H44O4Si. The van der Waals surface area contributed by atoms with Crippen LogP contribution in [0, 0.1) is 0 Å². The average molecular weight is 521 g/mol. The third-order valence-corrected chi connectivity index (χ3v) is 13.1. The van der Waals surface area contributed by atoms with Crippen LogP contribution in [0.15, 0.2) is 72.0 Å². The van der Waals surface area contributed by atoms with E-state index >= 15 is 0 Å². The summed E-state index contributed by atoms with van der Waals surface area (Å²) in [7, 11) is -2.74. The van der Waals surface area contributed by atoms with E-state index in [0.717, 1.165) is 25.0 Å². The van der Waals surface area contributed by atoms with Gasteiger partial charge in [0.15, 0.2) is 5.78 Å².